The lowest BCUT2D eigenvalue weighted by Crippen LogP contribution is -2.32. The van der Waals surface area contributed by atoms with Crippen LogP contribution in [0.2, 0.25) is 0 Å². The first-order valence-corrected chi connectivity index (χ1v) is 6.22. The predicted molar refractivity (Wildman–Crippen MR) is 72.6 cm³/mol. The fourth-order valence-corrected chi connectivity index (χ4v) is 1.62. The molecule has 106 valence electrons. The molecule has 0 amide bonds. The number of rotatable bonds is 7. The minimum atomic E-state index is -1.03. The minimum absolute atomic E-state index is 0.208. The first-order chi connectivity index (χ1) is 8.95. The molecule has 0 aromatic heterocycles. The Kier molecular flexibility index (Phi) is 5.63. The molecule has 1 unspecified atom stereocenters. The highest BCUT2D eigenvalue weighted by Gasteiger charge is 2.18. The number of carboxylic acids is 1. The summed E-state index contributed by atoms with van der Waals surface area (Å²) in [5, 5.41) is 8.88. The van der Waals surface area contributed by atoms with Gasteiger partial charge in [-0.1, -0.05) is 26.0 Å². The van der Waals surface area contributed by atoms with Crippen LogP contribution in [0.1, 0.15) is 19.4 Å². The molecule has 1 aromatic rings. The second-order valence-corrected chi connectivity index (χ2v) is 4.80. The molecule has 0 saturated heterocycles. The number of para-hydroxylation sites is 1. The van der Waals surface area contributed by atoms with Gasteiger partial charge in [-0.05, 0) is 12.0 Å². The minimum Gasteiger partial charge on any atom is -0.493 e. The fraction of sp³-hybridized carbons (Fsp3) is 0.500. The van der Waals surface area contributed by atoms with Crippen LogP contribution in [0.25, 0.3) is 0 Å². The van der Waals surface area contributed by atoms with Crippen molar-refractivity contribution in [1.82, 2.24) is 0 Å². The van der Waals surface area contributed by atoms with Gasteiger partial charge in [-0.15, -0.1) is 0 Å². The van der Waals surface area contributed by atoms with Crippen molar-refractivity contribution in [1.29, 1.82) is 0 Å². The molecular weight excluding hydrogens is 246 g/mol. The zero-order valence-electron chi connectivity index (χ0n) is 11.6. The summed E-state index contributed by atoms with van der Waals surface area (Å²) in [4.78, 5) is 10.8. The van der Waals surface area contributed by atoms with E-state index < -0.39 is 12.0 Å². The third kappa shape index (κ3) is 4.44. The van der Waals surface area contributed by atoms with E-state index in [0.29, 0.717) is 24.0 Å². The summed E-state index contributed by atoms with van der Waals surface area (Å²) in [7, 11) is 1.55. The lowest BCUT2D eigenvalue weighted by atomic mass is 10.0. The number of hydrogen-bond donors (Lipinski definition) is 2. The highest BCUT2D eigenvalue weighted by molar-refractivity contribution is 5.73. The van der Waals surface area contributed by atoms with Crippen molar-refractivity contribution in [2.45, 2.75) is 26.3 Å². The molecule has 0 heterocycles. The van der Waals surface area contributed by atoms with Crippen molar-refractivity contribution in [3.8, 4) is 11.5 Å². The van der Waals surface area contributed by atoms with Crippen LogP contribution in [-0.4, -0.2) is 30.8 Å². The van der Waals surface area contributed by atoms with E-state index in [0.717, 1.165) is 5.56 Å². The van der Waals surface area contributed by atoms with Gasteiger partial charge in [0.2, 0.25) is 0 Å². The van der Waals surface area contributed by atoms with Crippen LogP contribution in [0.4, 0.5) is 0 Å². The van der Waals surface area contributed by atoms with Gasteiger partial charge in [-0.3, -0.25) is 4.79 Å². The van der Waals surface area contributed by atoms with Gasteiger partial charge in [0.15, 0.2) is 11.5 Å². The Bertz CT molecular complexity index is 431. The van der Waals surface area contributed by atoms with Gasteiger partial charge in [0.25, 0.3) is 0 Å². The number of carbonyl (C=O) groups is 1. The molecule has 0 radical (unpaired) electrons. The second-order valence-electron chi connectivity index (χ2n) is 4.80. The van der Waals surface area contributed by atoms with Gasteiger partial charge >= 0.3 is 5.97 Å². The number of ether oxygens (including phenoxy) is 2. The fourth-order valence-electron chi connectivity index (χ4n) is 1.62. The van der Waals surface area contributed by atoms with E-state index >= 15 is 0 Å². The van der Waals surface area contributed by atoms with E-state index in [2.05, 4.69) is 0 Å². The summed E-state index contributed by atoms with van der Waals surface area (Å²) in [5.74, 6) is 0.509. The summed E-state index contributed by atoms with van der Waals surface area (Å²) >= 11 is 0. The SMILES string of the molecule is COc1cccc(CC(N)C(=O)O)c1OCC(C)C. The largest absolute Gasteiger partial charge is 0.493 e. The maximum atomic E-state index is 10.8. The molecule has 5 nitrogen and oxygen atoms in total. The molecule has 1 rings (SSSR count). The van der Waals surface area contributed by atoms with Crippen LogP contribution < -0.4 is 15.2 Å². The average molecular weight is 267 g/mol. The van der Waals surface area contributed by atoms with Gasteiger partial charge in [0.1, 0.15) is 6.04 Å². The number of aliphatic carboxylic acids is 1. The summed E-state index contributed by atoms with van der Waals surface area (Å²) < 4.78 is 11.0. The molecule has 0 spiro atoms. The van der Waals surface area contributed by atoms with Crippen LogP contribution in [0.3, 0.4) is 0 Å². The van der Waals surface area contributed by atoms with Crippen LogP contribution in [0, 0.1) is 5.92 Å². The number of methoxy groups -OCH3 is 1. The molecule has 1 atom stereocenters. The normalized spacial score (nSPS) is 12.3. The van der Waals surface area contributed by atoms with Crippen molar-refractivity contribution in [3.05, 3.63) is 23.8 Å². The Labute approximate surface area is 113 Å². The Morgan fingerprint density at radius 1 is 1.42 bits per heavy atom. The predicted octanol–water partition coefficient (Wildman–Crippen LogP) is 1.68. The molecule has 19 heavy (non-hydrogen) atoms. The molecule has 3 N–H and O–H groups in total. The quantitative estimate of drug-likeness (QED) is 0.785. The Balaban J connectivity index is 2.98. The number of hydrogen-bond acceptors (Lipinski definition) is 4. The van der Waals surface area contributed by atoms with Crippen molar-refractivity contribution in [3.63, 3.8) is 0 Å². The number of nitrogens with two attached hydrogens (primary N) is 1. The van der Waals surface area contributed by atoms with E-state index in [1.165, 1.54) is 0 Å². The monoisotopic (exact) mass is 267 g/mol. The molecule has 0 aliphatic heterocycles. The Hall–Kier alpha value is -1.75. The first kappa shape index (κ1) is 15.3. The molecule has 0 saturated carbocycles. The molecule has 0 aliphatic rings. The first-order valence-electron chi connectivity index (χ1n) is 6.22. The Morgan fingerprint density at radius 2 is 2.11 bits per heavy atom. The van der Waals surface area contributed by atoms with Crippen molar-refractivity contribution >= 4 is 5.97 Å². The number of benzene rings is 1. The highest BCUT2D eigenvalue weighted by Crippen LogP contribution is 2.32. The highest BCUT2D eigenvalue weighted by atomic mass is 16.5. The summed E-state index contributed by atoms with van der Waals surface area (Å²) in [6.45, 7) is 4.62. The van der Waals surface area contributed by atoms with E-state index in [-0.39, 0.29) is 6.42 Å². The molecule has 0 bridgehead atoms. The zero-order valence-corrected chi connectivity index (χ0v) is 11.6. The van der Waals surface area contributed by atoms with Gasteiger partial charge in [0, 0.05) is 12.0 Å². The lowest BCUT2D eigenvalue weighted by molar-refractivity contribution is -0.138. The van der Waals surface area contributed by atoms with E-state index in [1.807, 2.05) is 13.8 Å². The van der Waals surface area contributed by atoms with Crippen LogP contribution in [0.15, 0.2) is 18.2 Å². The van der Waals surface area contributed by atoms with Gasteiger partial charge in [-0.25, -0.2) is 0 Å². The standard InChI is InChI=1S/C14H21NO4/c1-9(2)8-19-13-10(7-11(15)14(16)17)5-4-6-12(13)18-3/h4-6,9,11H,7-8,15H2,1-3H3,(H,16,17). The third-order valence-electron chi connectivity index (χ3n) is 2.60. The van der Waals surface area contributed by atoms with Gasteiger partial charge in [-0.2, -0.15) is 0 Å². The molecule has 0 fully saturated rings. The zero-order chi connectivity index (χ0) is 14.4. The smallest absolute Gasteiger partial charge is 0.320 e. The topological polar surface area (TPSA) is 81.8 Å². The second kappa shape index (κ2) is 6.99. The summed E-state index contributed by atoms with van der Waals surface area (Å²) in [5.41, 5.74) is 6.31. The van der Waals surface area contributed by atoms with Crippen LogP contribution >= 0.6 is 0 Å². The van der Waals surface area contributed by atoms with Gasteiger partial charge < -0.3 is 20.3 Å². The average Bonchev–Trinajstić information content (AvgIpc) is 2.36. The summed E-state index contributed by atoms with van der Waals surface area (Å²) in [6, 6.07) is 4.44. The van der Waals surface area contributed by atoms with E-state index in [1.54, 1.807) is 25.3 Å². The Morgan fingerprint density at radius 3 is 2.63 bits per heavy atom. The molecule has 1 aromatic carbocycles. The lowest BCUT2D eigenvalue weighted by Gasteiger charge is -2.17. The molecule has 5 heteroatoms. The van der Waals surface area contributed by atoms with Crippen molar-refractivity contribution < 1.29 is 19.4 Å². The molecule has 0 aliphatic carbocycles. The van der Waals surface area contributed by atoms with Crippen molar-refractivity contribution in [2.75, 3.05) is 13.7 Å². The van der Waals surface area contributed by atoms with E-state index in [9.17, 15) is 4.79 Å². The van der Waals surface area contributed by atoms with Crippen LogP contribution in [0.5, 0.6) is 11.5 Å². The maximum absolute atomic E-state index is 10.8. The van der Waals surface area contributed by atoms with Gasteiger partial charge in [0.05, 0.1) is 13.7 Å². The summed E-state index contributed by atoms with van der Waals surface area (Å²) in [6.07, 6.45) is 0.208. The molecular formula is C14H21NO4. The van der Waals surface area contributed by atoms with Crippen molar-refractivity contribution in [2.24, 2.45) is 11.7 Å². The number of carboxylic acid groups (broad SMARTS) is 1. The maximum Gasteiger partial charge on any atom is 0.320 e. The third-order valence-corrected chi connectivity index (χ3v) is 2.60. The van der Waals surface area contributed by atoms with E-state index in [4.69, 9.17) is 20.3 Å². The van der Waals surface area contributed by atoms with Crippen LogP contribution in [-0.2, 0) is 11.2 Å².